The predicted molar refractivity (Wildman–Crippen MR) is 70.3 cm³/mol. The van der Waals surface area contributed by atoms with Gasteiger partial charge in [0.05, 0.1) is 16.5 Å². The zero-order valence-electron chi connectivity index (χ0n) is 10.0. The molecule has 0 aliphatic carbocycles. The first-order valence-electron chi connectivity index (χ1n) is 5.83. The maximum Gasteiger partial charge on any atom is 0.229 e. The van der Waals surface area contributed by atoms with E-state index in [0.29, 0.717) is 28.7 Å². The summed E-state index contributed by atoms with van der Waals surface area (Å²) in [4.78, 5) is 12.0. The van der Waals surface area contributed by atoms with E-state index in [1.54, 1.807) is 18.2 Å². The van der Waals surface area contributed by atoms with Crippen LogP contribution in [0.5, 0.6) is 0 Å². The second-order valence-corrected chi connectivity index (χ2v) is 4.94. The molecule has 0 saturated carbocycles. The van der Waals surface area contributed by atoms with E-state index in [9.17, 15) is 4.79 Å². The molecular weight excluding hydrogens is 250 g/mol. The van der Waals surface area contributed by atoms with Crippen LogP contribution in [0.25, 0.3) is 0 Å². The van der Waals surface area contributed by atoms with E-state index in [4.69, 9.17) is 16.9 Å². The lowest BCUT2D eigenvalue weighted by molar-refractivity contribution is -0.120. The zero-order chi connectivity index (χ0) is 13.1. The number of amides is 1. The summed E-state index contributed by atoms with van der Waals surface area (Å²) in [6.07, 6.45) is 0. The molecular formula is C13H14ClN3O. The van der Waals surface area contributed by atoms with Crippen molar-refractivity contribution in [2.45, 2.75) is 6.92 Å². The lowest BCUT2D eigenvalue weighted by Crippen LogP contribution is -2.27. The van der Waals surface area contributed by atoms with Crippen molar-refractivity contribution < 1.29 is 4.79 Å². The Bertz CT molecular complexity index is 509. The van der Waals surface area contributed by atoms with Crippen LogP contribution in [0, 0.1) is 23.2 Å². The van der Waals surface area contributed by atoms with E-state index in [-0.39, 0.29) is 11.8 Å². The van der Waals surface area contributed by atoms with E-state index in [0.717, 1.165) is 6.54 Å². The van der Waals surface area contributed by atoms with E-state index in [2.05, 4.69) is 17.6 Å². The highest BCUT2D eigenvalue weighted by atomic mass is 35.5. The van der Waals surface area contributed by atoms with Gasteiger partial charge in [0.1, 0.15) is 6.07 Å². The van der Waals surface area contributed by atoms with Crippen LogP contribution in [-0.2, 0) is 4.79 Å². The molecule has 2 rings (SSSR count). The minimum Gasteiger partial charge on any atom is -0.326 e. The number of nitrogens with zero attached hydrogens (tertiary/aromatic N) is 1. The SMILES string of the molecule is CC1CNCC1C(=O)Nc1ccc(C#N)c(Cl)c1. The molecule has 0 radical (unpaired) electrons. The number of carbonyl (C=O) groups is 1. The molecule has 1 aromatic carbocycles. The summed E-state index contributed by atoms with van der Waals surface area (Å²) in [5, 5.41) is 15.1. The zero-order valence-corrected chi connectivity index (χ0v) is 10.8. The quantitative estimate of drug-likeness (QED) is 0.858. The van der Waals surface area contributed by atoms with E-state index < -0.39 is 0 Å². The van der Waals surface area contributed by atoms with Crippen molar-refractivity contribution in [2.24, 2.45) is 11.8 Å². The molecule has 0 aromatic heterocycles. The van der Waals surface area contributed by atoms with E-state index >= 15 is 0 Å². The van der Waals surface area contributed by atoms with Gasteiger partial charge in [-0.15, -0.1) is 0 Å². The number of rotatable bonds is 2. The Morgan fingerprint density at radius 1 is 1.56 bits per heavy atom. The van der Waals surface area contributed by atoms with Gasteiger partial charge in [-0.3, -0.25) is 4.79 Å². The maximum atomic E-state index is 12.0. The minimum atomic E-state index is -0.0144. The number of nitriles is 1. The van der Waals surface area contributed by atoms with Crippen LogP contribution in [0.15, 0.2) is 18.2 Å². The Kier molecular flexibility index (Phi) is 3.85. The Morgan fingerprint density at radius 2 is 2.33 bits per heavy atom. The molecule has 1 fully saturated rings. The summed E-state index contributed by atoms with van der Waals surface area (Å²) in [6.45, 7) is 3.62. The van der Waals surface area contributed by atoms with Gasteiger partial charge in [-0.25, -0.2) is 0 Å². The molecule has 1 aromatic rings. The molecule has 0 bridgehead atoms. The fourth-order valence-corrected chi connectivity index (χ4v) is 2.30. The van der Waals surface area contributed by atoms with Crippen molar-refractivity contribution in [1.29, 1.82) is 5.26 Å². The third kappa shape index (κ3) is 2.63. The van der Waals surface area contributed by atoms with Crippen LogP contribution < -0.4 is 10.6 Å². The highest BCUT2D eigenvalue weighted by Gasteiger charge is 2.29. The van der Waals surface area contributed by atoms with Gasteiger partial charge in [-0.05, 0) is 30.7 Å². The Hall–Kier alpha value is -1.57. The summed E-state index contributed by atoms with van der Waals surface area (Å²) >= 11 is 5.92. The Balaban J connectivity index is 2.08. The van der Waals surface area contributed by atoms with Crippen molar-refractivity contribution in [1.82, 2.24) is 5.32 Å². The van der Waals surface area contributed by atoms with Gasteiger partial charge in [0.15, 0.2) is 0 Å². The van der Waals surface area contributed by atoms with Crippen molar-refractivity contribution in [2.75, 3.05) is 18.4 Å². The lowest BCUT2D eigenvalue weighted by Gasteiger charge is -2.14. The second kappa shape index (κ2) is 5.38. The molecule has 1 amide bonds. The van der Waals surface area contributed by atoms with Crippen molar-refractivity contribution in [3.63, 3.8) is 0 Å². The van der Waals surface area contributed by atoms with Crippen LogP contribution in [0.2, 0.25) is 5.02 Å². The molecule has 1 aliphatic rings. The third-order valence-electron chi connectivity index (χ3n) is 3.21. The first-order chi connectivity index (χ1) is 8.61. The molecule has 1 heterocycles. The molecule has 1 aliphatic heterocycles. The number of benzene rings is 1. The number of halogens is 1. The monoisotopic (exact) mass is 263 g/mol. The standard InChI is InChI=1S/C13H14ClN3O/c1-8-6-16-7-11(8)13(18)17-10-3-2-9(5-15)12(14)4-10/h2-4,8,11,16H,6-7H2,1H3,(H,17,18). The van der Waals surface area contributed by atoms with E-state index in [1.807, 2.05) is 6.07 Å². The van der Waals surface area contributed by atoms with Gasteiger partial charge in [-0.1, -0.05) is 18.5 Å². The van der Waals surface area contributed by atoms with Gasteiger partial charge in [-0.2, -0.15) is 5.26 Å². The first-order valence-corrected chi connectivity index (χ1v) is 6.21. The first kappa shape index (κ1) is 12.9. The van der Waals surface area contributed by atoms with E-state index in [1.165, 1.54) is 0 Å². The van der Waals surface area contributed by atoms with Crippen molar-refractivity contribution >= 4 is 23.2 Å². The third-order valence-corrected chi connectivity index (χ3v) is 3.52. The lowest BCUT2D eigenvalue weighted by atomic mass is 9.97. The summed E-state index contributed by atoms with van der Waals surface area (Å²) in [7, 11) is 0. The van der Waals surface area contributed by atoms with Gasteiger partial charge in [0.25, 0.3) is 0 Å². The summed E-state index contributed by atoms with van der Waals surface area (Å²) in [5.41, 5.74) is 1.04. The fourth-order valence-electron chi connectivity index (χ4n) is 2.08. The van der Waals surface area contributed by atoms with Crippen LogP contribution >= 0.6 is 11.6 Å². The summed E-state index contributed by atoms with van der Waals surface area (Å²) in [6, 6.07) is 6.88. The maximum absolute atomic E-state index is 12.0. The number of carbonyl (C=O) groups excluding carboxylic acids is 1. The average Bonchev–Trinajstić information content (AvgIpc) is 2.76. The van der Waals surface area contributed by atoms with Crippen LogP contribution in [0.3, 0.4) is 0 Å². The second-order valence-electron chi connectivity index (χ2n) is 4.54. The molecule has 5 heteroatoms. The molecule has 1 saturated heterocycles. The predicted octanol–water partition coefficient (Wildman–Crippen LogP) is 2.01. The smallest absolute Gasteiger partial charge is 0.229 e. The molecule has 18 heavy (non-hydrogen) atoms. The Labute approximate surface area is 111 Å². The number of hydrogen-bond donors (Lipinski definition) is 2. The highest BCUT2D eigenvalue weighted by Crippen LogP contribution is 2.22. The van der Waals surface area contributed by atoms with Crippen LogP contribution in [0.4, 0.5) is 5.69 Å². The molecule has 4 nitrogen and oxygen atoms in total. The topological polar surface area (TPSA) is 64.9 Å². The molecule has 94 valence electrons. The minimum absolute atomic E-state index is 0.00623. The molecule has 0 spiro atoms. The van der Waals surface area contributed by atoms with Crippen LogP contribution in [0.1, 0.15) is 12.5 Å². The van der Waals surface area contributed by atoms with Gasteiger partial charge < -0.3 is 10.6 Å². The van der Waals surface area contributed by atoms with Crippen molar-refractivity contribution in [3.05, 3.63) is 28.8 Å². The molecule has 2 unspecified atom stereocenters. The average molecular weight is 264 g/mol. The van der Waals surface area contributed by atoms with Gasteiger partial charge in [0, 0.05) is 12.2 Å². The highest BCUT2D eigenvalue weighted by molar-refractivity contribution is 6.32. The summed E-state index contributed by atoms with van der Waals surface area (Å²) < 4.78 is 0. The van der Waals surface area contributed by atoms with Crippen molar-refractivity contribution in [3.8, 4) is 6.07 Å². The Morgan fingerprint density at radius 3 is 2.89 bits per heavy atom. The molecule has 2 atom stereocenters. The largest absolute Gasteiger partial charge is 0.326 e. The van der Waals surface area contributed by atoms with Gasteiger partial charge >= 0.3 is 0 Å². The number of hydrogen-bond acceptors (Lipinski definition) is 3. The number of nitrogens with one attached hydrogen (secondary N) is 2. The van der Waals surface area contributed by atoms with Crippen LogP contribution in [-0.4, -0.2) is 19.0 Å². The normalized spacial score (nSPS) is 22.5. The number of anilines is 1. The van der Waals surface area contributed by atoms with Gasteiger partial charge in [0.2, 0.25) is 5.91 Å². The molecule has 2 N–H and O–H groups in total. The fraction of sp³-hybridized carbons (Fsp3) is 0.385. The summed E-state index contributed by atoms with van der Waals surface area (Å²) in [5.74, 6) is 0.312.